The summed E-state index contributed by atoms with van der Waals surface area (Å²) in [6.07, 6.45) is 1.66. The molecule has 0 saturated heterocycles. The first-order valence-electron chi connectivity index (χ1n) is 9.09. The SMILES string of the molecule is Cc1ccc2nc(C(C#N)=Cc3ccccc3OC(=O)c3ccccc3)[nH]c2c1. The highest BCUT2D eigenvalue weighted by molar-refractivity contribution is 5.94. The maximum Gasteiger partial charge on any atom is 0.343 e. The van der Waals surface area contributed by atoms with Crippen LogP contribution in [0.25, 0.3) is 22.7 Å². The molecule has 0 aliphatic heterocycles. The standard InChI is InChI=1S/C24H17N3O2/c1-16-11-12-20-21(13-16)27-23(26-20)19(15-25)14-18-9-5-6-10-22(18)29-24(28)17-7-3-2-4-8-17/h2-14H,1H3,(H,26,27). The maximum atomic E-state index is 12.4. The van der Waals surface area contributed by atoms with Crippen LogP contribution in [0.1, 0.15) is 27.3 Å². The lowest BCUT2D eigenvalue weighted by molar-refractivity contribution is 0.0734. The number of benzene rings is 3. The molecule has 140 valence electrons. The van der Waals surface area contributed by atoms with Gasteiger partial charge in [0.1, 0.15) is 17.6 Å². The van der Waals surface area contributed by atoms with Crippen molar-refractivity contribution in [2.75, 3.05) is 0 Å². The molecule has 29 heavy (non-hydrogen) atoms. The van der Waals surface area contributed by atoms with Crippen LogP contribution in [0.2, 0.25) is 0 Å². The lowest BCUT2D eigenvalue weighted by atomic mass is 10.1. The van der Waals surface area contributed by atoms with Gasteiger partial charge in [0.05, 0.1) is 22.2 Å². The van der Waals surface area contributed by atoms with Gasteiger partial charge < -0.3 is 9.72 Å². The van der Waals surface area contributed by atoms with E-state index in [9.17, 15) is 10.1 Å². The average molecular weight is 379 g/mol. The number of aromatic nitrogens is 2. The molecule has 5 nitrogen and oxygen atoms in total. The van der Waals surface area contributed by atoms with Crippen molar-refractivity contribution in [3.63, 3.8) is 0 Å². The fourth-order valence-corrected chi connectivity index (χ4v) is 2.99. The van der Waals surface area contributed by atoms with Crippen molar-refractivity contribution in [2.45, 2.75) is 6.92 Å². The monoisotopic (exact) mass is 379 g/mol. The Hall–Kier alpha value is -4.17. The largest absolute Gasteiger partial charge is 0.422 e. The highest BCUT2D eigenvalue weighted by Crippen LogP contribution is 2.25. The predicted molar refractivity (Wildman–Crippen MR) is 112 cm³/mol. The van der Waals surface area contributed by atoms with Crippen LogP contribution in [0, 0.1) is 18.3 Å². The topological polar surface area (TPSA) is 78.8 Å². The molecule has 4 rings (SSSR count). The fraction of sp³-hybridized carbons (Fsp3) is 0.0417. The Morgan fingerprint density at radius 2 is 1.83 bits per heavy atom. The molecule has 1 heterocycles. The highest BCUT2D eigenvalue weighted by Gasteiger charge is 2.13. The third-order valence-electron chi connectivity index (χ3n) is 4.44. The zero-order valence-electron chi connectivity index (χ0n) is 15.7. The Kier molecular flexibility index (Phi) is 4.91. The van der Waals surface area contributed by atoms with E-state index in [1.165, 1.54) is 0 Å². The van der Waals surface area contributed by atoms with Gasteiger partial charge in [-0.1, -0.05) is 42.5 Å². The highest BCUT2D eigenvalue weighted by atomic mass is 16.5. The molecule has 0 radical (unpaired) electrons. The van der Waals surface area contributed by atoms with Crippen molar-refractivity contribution in [3.05, 3.63) is 95.3 Å². The Morgan fingerprint density at radius 1 is 1.07 bits per heavy atom. The van der Waals surface area contributed by atoms with Crippen LogP contribution < -0.4 is 4.74 Å². The second kappa shape index (κ2) is 7.83. The van der Waals surface area contributed by atoms with E-state index < -0.39 is 5.97 Å². The summed E-state index contributed by atoms with van der Waals surface area (Å²) in [4.78, 5) is 20.1. The zero-order valence-corrected chi connectivity index (χ0v) is 15.7. The van der Waals surface area contributed by atoms with E-state index >= 15 is 0 Å². The smallest absolute Gasteiger partial charge is 0.343 e. The molecule has 0 spiro atoms. The molecule has 0 bridgehead atoms. The number of aryl methyl sites for hydroxylation is 1. The normalized spacial score (nSPS) is 11.2. The van der Waals surface area contributed by atoms with E-state index in [1.807, 2.05) is 37.3 Å². The van der Waals surface area contributed by atoms with Gasteiger partial charge in [0, 0.05) is 5.56 Å². The number of carbonyl (C=O) groups is 1. The van der Waals surface area contributed by atoms with E-state index in [0.29, 0.717) is 28.3 Å². The van der Waals surface area contributed by atoms with Gasteiger partial charge in [-0.3, -0.25) is 0 Å². The molecular weight excluding hydrogens is 362 g/mol. The van der Waals surface area contributed by atoms with Gasteiger partial charge in [-0.15, -0.1) is 0 Å². The van der Waals surface area contributed by atoms with Crippen LogP contribution in [0.15, 0.2) is 72.8 Å². The molecule has 1 N–H and O–H groups in total. The molecule has 0 aliphatic carbocycles. The number of hydrogen-bond acceptors (Lipinski definition) is 4. The predicted octanol–water partition coefficient (Wildman–Crippen LogP) is 5.15. The van der Waals surface area contributed by atoms with Crippen LogP contribution in [0.3, 0.4) is 0 Å². The number of esters is 1. The molecule has 3 aromatic carbocycles. The summed E-state index contributed by atoms with van der Waals surface area (Å²) in [7, 11) is 0. The minimum absolute atomic E-state index is 0.349. The average Bonchev–Trinajstić information content (AvgIpc) is 3.16. The van der Waals surface area contributed by atoms with Crippen LogP contribution in [-0.4, -0.2) is 15.9 Å². The second-order valence-electron chi connectivity index (χ2n) is 6.57. The van der Waals surface area contributed by atoms with Crippen molar-refractivity contribution < 1.29 is 9.53 Å². The van der Waals surface area contributed by atoms with Crippen molar-refractivity contribution in [1.29, 1.82) is 5.26 Å². The second-order valence-corrected chi connectivity index (χ2v) is 6.57. The summed E-state index contributed by atoms with van der Waals surface area (Å²) in [5.74, 6) is 0.391. The summed E-state index contributed by atoms with van der Waals surface area (Å²) < 4.78 is 5.56. The first-order chi connectivity index (χ1) is 14.1. The van der Waals surface area contributed by atoms with E-state index in [2.05, 4.69) is 16.0 Å². The zero-order chi connectivity index (χ0) is 20.2. The third kappa shape index (κ3) is 3.92. The number of para-hydroxylation sites is 1. The number of allylic oxidation sites excluding steroid dienone is 1. The molecule has 4 aromatic rings. The van der Waals surface area contributed by atoms with Gasteiger partial charge in [0.15, 0.2) is 0 Å². The number of imidazole rings is 1. The number of ether oxygens (including phenoxy) is 1. The number of nitrogens with one attached hydrogen (secondary N) is 1. The van der Waals surface area contributed by atoms with E-state index in [4.69, 9.17) is 4.74 Å². The Bertz CT molecular complexity index is 1260. The van der Waals surface area contributed by atoms with Crippen molar-refractivity contribution in [2.24, 2.45) is 0 Å². The quantitative estimate of drug-likeness (QED) is 0.302. The number of aromatic amines is 1. The van der Waals surface area contributed by atoms with Crippen LogP contribution >= 0.6 is 0 Å². The van der Waals surface area contributed by atoms with Gasteiger partial charge in [-0.25, -0.2) is 9.78 Å². The number of nitrogens with zero attached hydrogens (tertiary/aromatic N) is 2. The summed E-state index contributed by atoms with van der Waals surface area (Å²) in [5.41, 5.74) is 4.18. The number of fused-ring (bicyclic) bond motifs is 1. The lowest BCUT2D eigenvalue weighted by Crippen LogP contribution is -2.08. The van der Waals surface area contributed by atoms with E-state index in [0.717, 1.165) is 16.6 Å². The first kappa shape index (κ1) is 18.2. The van der Waals surface area contributed by atoms with Crippen LogP contribution in [0.5, 0.6) is 5.75 Å². The maximum absolute atomic E-state index is 12.4. The summed E-state index contributed by atoms with van der Waals surface area (Å²) in [6, 6.07) is 23.9. The summed E-state index contributed by atoms with van der Waals surface area (Å²) in [5, 5.41) is 9.69. The molecule has 0 atom stereocenters. The van der Waals surface area contributed by atoms with Crippen molar-refractivity contribution in [3.8, 4) is 11.8 Å². The van der Waals surface area contributed by atoms with Crippen molar-refractivity contribution >= 4 is 28.7 Å². The van der Waals surface area contributed by atoms with Crippen LogP contribution in [0.4, 0.5) is 0 Å². The summed E-state index contributed by atoms with van der Waals surface area (Å²) >= 11 is 0. The van der Waals surface area contributed by atoms with Gasteiger partial charge >= 0.3 is 5.97 Å². The Morgan fingerprint density at radius 3 is 2.62 bits per heavy atom. The lowest BCUT2D eigenvalue weighted by Gasteiger charge is -2.07. The Balaban J connectivity index is 1.69. The molecule has 0 saturated carbocycles. The molecule has 0 aliphatic rings. The van der Waals surface area contributed by atoms with E-state index in [1.54, 1.807) is 48.5 Å². The van der Waals surface area contributed by atoms with E-state index in [-0.39, 0.29) is 0 Å². The summed E-state index contributed by atoms with van der Waals surface area (Å²) in [6.45, 7) is 2.00. The minimum atomic E-state index is -0.454. The van der Waals surface area contributed by atoms with Gasteiger partial charge in [-0.05, 0) is 48.9 Å². The Labute approximate surface area is 167 Å². The van der Waals surface area contributed by atoms with Gasteiger partial charge in [0.2, 0.25) is 0 Å². The first-order valence-corrected chi connectivity index (χ1v) is 9.09. The fourth-order valence-electron chi connectivity index (χ4n) is 2.99. The van der Waals surface area contributed by atoms with Gasteiger partial charge in [-0.2, -0.15) is 5.26 Å². The molecule has 0 fully saturated rings. The van der Waals surface area contributed by atoms with Crippen LogP contribution in [-0.2, 0) is 0 Å². The molecule has 0 amide bonds. The van der Waals surface area contributed by atoms with Crippen molar-refractivity contribution in [1.82, 2.24) is 9.97 Å². The number of H-pyrrole nitrogens is 1. The number of carbonyl (C=O) groups excluding carboxylic acids is 1. The minimum Gasteiger partial charge on any atom is -0.422 e. The number of rotatable bonds is 4. The molecule has 1 aromatic heterocycles. The molecule has 5 heteroatoms. The van der Waals surface area contributed by atoms with Gasteiger partial charge in [0.25, 0.3) is 0 Å². The number of hydrogen-bond donors (Lipinski definition) is 1. The molecular formula is C24H17N3O2. The third-order valence-corrected chi connectivity index (χ3v) is 4.44. The molecule has 0 unspecified atom stereocenters. The number of nitriles is 1.